The van der Waals surface area contributed by atoms with Crippen molar-refractivity contribution in [3.05, 3.63) is 324 Å². The molecule has 0 radical (unpaired) electrons. The molecule has 22 rings (SSSR count). The lowest BCUT2D eigenvalue weighted by atomic mass is 9.35. The fourth-order valence-electron chi connectivity index (χ4n) is 19.9. The summed E-state index contributed by atoms with van der Waals surface area (Å²) >= 11 is 3.97. The zero-order chi connectivity index (χ0) is 73.8. The standard InChI is InChI=1S/C101H82B2N4S2/c1-97(2,3)59-41-43-85-73(45-59)75-47-61(99(7,8)9)49-83-95(75)106(85)87-51-67(104(63-29-17-13-18-30-63)64-31-19-14-20-32-64)53-91-93(87)102(83)81-55-71-69-37-25-27-39-77(69)101(79(71)57-89(81)108-91)78-40-28-26-38-70(78)72-56-82-90(58-80(72)101)109-92-54-68(105(65-33-21-15-22-34-65)66-35-23-16-24-36-66)52-88-94(92)103(82)84-50-62(100(10,11)12)48-76-74-46-60(98(4,5)6)42-44-86(74)107(88)96(76)84/h13-58H,1-12H3. The molecular formula is C101H82B2N4S2. The minimum absolute atomic E-state index is 0.0415. The number of para-hydroxylation sites is 4. The van der Waals surface area contributed by atoms with Crippen molar-refractivity contribution in [3.63, 3.8) is 0 Å². The highest BCUT2D eigenvalue weighted by atomic mass is 32.2. The van der Waals surface area contributed by atoms with Gasteiger partial charge < -0.3 is 18.9 Å². The highest BCUT2D eigenvalue weighted by Crippen LogP contribution is 2.64. The maximum atomic E-state index is 2.70. The molecule has 6 aliphatic rings. The molecule has 0 fully saturated rings. The fraction of sp³-hybridized carbons (Fsp3) is 0.168. The lowest BCUT2D eigenvalue weighted by Crippen LogP contribution is -2.59. The quantitative estimate of drug-likeness (QED) is 0.154. The molecule has 2 aliphatic carbocycles. The van der Waals surface area contributed by atoms with Crippen molar-refractivity contribution in [2.45, 2.75) is 130 Å². The molecule has 109 heavy (non-hydrogen) atoms. The molecule has 0 unspecified atom stereocenters. The summed E-state index contributed by atoms with van der Waals surface area (Å²) < 4.78 is 5.34. The van der Waals surface area contributed by atoms with Gasteiger partial charge in [0.15, 0.2) is 0 Å². The number of aromatic nitrogens is 2. The van der Waals surface area contributed by atoms with E-state index in [2.05, 4.69) is 381 Å². The summed E-state index contributed by atoms with van der Waals surface area (Å²) in [6, 6.07) is 109. The van der Waals surface area contributed by atoms with Gasteiger partial charge in [0.2, 0.25) is 13.4 Å². The Hall–Kier alpha value is -10.9. The third kappa shape index (κ3) is 9.19. The second-order valence-electron chi connectivity index (χ2n) is 35.6. The molecule has 524 valence electrons. The first kappa shape index (κ1) is 65.2. The summed E-state index contributed by atoms with van der Waals surface area (Å²) in [4.78, 5) is 10.2. The van der Waals surface area contributed by atoms with Crippen LogP contribution in [0.5, 0.6) is 0 Å². The van der Waals surface area contributed by atoms with Crippen LogP contribution in [0.1, 0.15) is 128 Å². The van der Waals surface area contributed by atoms with Gasteiger partial charge >= 0.3 is 0 Å². The predicted octanol–water partition coefficient (Wildman–Crippen LogP) is 22.9. The molecule has 4 aliphatic heterocycles. The minimum Gasteiger partial charge on any atom is -0.310 e. The number of rotatable bonds is 6. The van der Waals surface area contributed by atoms with Crippen LogP contribution in [-0.2, 0) is 27.1 Å². The summed E-state index contributed by atoms with van der Waals surface area (Å²) in [6.45, 7) is 28.4. The highest BCUT2D eigenvalue weighted by Gasteiger charge is 2.55. The van der Waals surface area contributed by atoms with Crippen LogP contribution in [0.3, 0.4) is 0 Å². The van der Waals surface area contributed by atoms with Gasteiger partial charge in [-0.25, -0.2) is 0 Å². The highest BCUT2D eigenvalue weighted by molar-refractivity contribution is 8.00. The lowest BCUT2D eigenvalue weighted by Gasteiger charge is -2.37. The molecule has 0 saturated heterocycles. The Morgan fingerprint density at radius 2 is 0.615 bits per heavy atom. The minimum atomic E-state index is -0.648. The molecule has 0 atom stereocenters. The van der Waals surface area contributed by atoms with Gasteiger partial charge in [-0.05, 0) is 232 Å². The first-order chi connectivity index (χ1) is 52.6. The van der Waals surface area contributed by atoms with Crippen molar-refractivity contribution in [2.24, 2.45) is 0 Å². The number of hydrogen-bond acceptors (Lipinski definition) is 4. The fourth-order valence-corrected chi connectivity index (χ4v) is 22.4. The van der Waals surface area contributed by atoms with E-state index >= 15 is 0 Å². The maximum absolute atomic E-state index is 2.70. The molecule has 0 bridgehead atoms. The largest absolute Gasteiger partial charge is 0.310 e. The zero-order valence-corrected chi connectivity index (χ0v) is 65.5. The van der Waals surface area contributed by atoms with Crippen LogP contribution in [0, 0.1) is 0 Å². The van der Waals surface area contributed by atoms with Gasteiger partial charge in [0.1, 0.15) is 0 Å². The van der Waals surface area contributed by atoms with Gasteiger partial charge in [-0.3, -0.25) is 0 Å². The number of fused-ring (bicyclic) bond motifs is 24. The Labute approximate surface area is 648 Å². The Balaban J connectivity index is 0.810. The van der Waals surface area contributed by atoms with Crippen LogP contribution in [0.15, 0.2) is 299 Å². The predicted molar refractivity (Wildman–Crippen MR) is 466 cm³/mol. The smallest absolute Gasteiger partial charge is 0.249 e. The molecule has 0 amide bonds. The molecular weight excluding hydrogens is 1350 g/mol. The molecule has 16 aromatic rings. The normalized spacial score (nSPS) is 14.4. The first-order valence-corrected chi connectivity index (χ1v) is 40.6. The van der Waals surface area contributed by atoms with Crippen molar-refractivity contribution >= 4 is 147 Å². The molecule has 0 N–H and O–H groups in total. The van der Waals surface area contributed by atoms with Crippen LogP contribution in [0.4, 0.5) is 34.1 Å². The number of benzene rings is 14. The molecule has 6 heterocycles. The van der Waals surface area contributed by atoms with Crippen LogP contribution in [-0.4, -0.2) is 22.6 Å². The molecule has 2 aromatic heterocycles. The van der Waals surface area contributed by atoms with Crippen molar-refractivity contribution in [1.29, 1.82) is 0 Å². The Kier molecular flexibility index (Phi) is 13.5. The van der Waals surface area contributed by atoms with Crippen molar-refractivity contribution in [3.8, 4) is 33.6 Å². The number of nitrogens with zero attached hydrogens (tertiary/aromatic N) is 4. The second kappa shape index (κ2) is 22.6. The summed E-state index contributed by atoms with van der Waals surface area (Å²) in [5, 5.41) is 5.27. The Morgan fingerprint density at radius 1 is 0.275 bits per heavy atom. The van der Waals surface area contributed by atoms with Gasteiger partial charge in [-0.15, -0.1) is 0 Å². The van der Waals surface area contributed by atoms with Crippen molar-refractivity contribution in [1.82, 2.24) is 9.13 Å². The van der Waals surface area contributed by atoms with Gasteiger partial charge in [-0.2, -0.15) is 0 Å². The average molecular weight is 1440 g/mol. The van der Waals surface area contributed by atoms with E-state index in [1.165, 1.54) is 174 Å². The summed E-state index contributed by atoms with van der Waals surface area (Å²) in [7, 11) is 0. The van der Waals surface area contributed by atoms with E-state index in [-0.39, 0.29) is 35.1 Å². The van der Waals surface area contributed by atoms with Crippen LogP contribution in [0.2, 0.25) is 0 Å². The van der Waals surface area contributed by atoms with Gasteiger partial charge in [0.05, 0.1) is 16.4 Å². The Bertz CT molecular complexity index is 6180. The van der Waals surface area contributed by atoms with Gasteiger partial charge in [-0.1, -0.05) is 275 Å². The van der Waals surface area contributed by atoms with Crippen molar-refractivity contribution < 1.29 is 0 Å². The first-order valence-electron chi connectivity index (χ1n) is 38.9. The maximum Gasteiger partial charge on any atom is 0.249 e. The monoisotopic (exact) mass is 1440 g/mol. The van der Waals surface area contributed by atoms with Crippen molar-refractivity contribution in [2.75, 3.05) is 9.80 Å². The van der Waals surface area contributed by atoms with Crippen LogP contribution in [0.25, 0.3) is 77.2 Å². The zero-order valence-electron chi connectivity index (χ0n) is 63.8. The molecule has 14 aromatic carbocycles. The van der Waals surface area contributed by atoms with E-state index in [4.69, 9.17) is 0 Å². The van der Waals surface area contributed by atoms with E-state index in [0.717, 1.165) is 34.1 Å². The summed E-state index contributed by atoms with van der Waals surface area (Å²) in [6.07, 6.45) is 0. The van der Waals surface area contributed by atoms with Crippen LogP contribution >= 0.6 is 23.5 Å². The van der Waals surface area contributed by atoms with E-state index in [1.54, 1.807) is 0 Å². The Morgan fingerprint density at radius 3 is 0.972 bits per heavy atom. The third-order valence-electron chi connectivity index (χ3n) is 25.1. The molecule has 8 heteroatoms. The van der Waals surface area contributed by atoms with E-state index in [9.17, 15) is 0 Å². The average Bonchev–Trinajstić information content (AvgIpc) is 1.50. The van der Waals surface area contributed by atoms with E-state index in [1.807, 2.05) is 23.5 Å². The second-order valence-corrected chi connectivity index (χ2v) is 37.8. The van der Waals surface area contributed by atoms with Crippen LogP contribution < -0.4 is 42.6 Å². The van der Waals surface area contributed by atoms with E-state index in [0.29, 0.717) is 0 Å². The topological polar surface area (TPSA) is 16.3 Å². The molecule has 0 saturated carbocycles. The molecule has 1 spiro atoms. The lowest BCUT2D eigenvalue weighted by molar-refractivity contribution is 0.590. The van der Waals surface area contributed by atoms with E-state index < -0.39 is 5.41 Å². The third-order valence-corrected chi connectivity index (χ3v) is 27.4. The molecule has 4 nitrogen and oxygen atoms in total. The van der Waals surface area contributed by atoms with Gasteiger partial charge in [0.25, 0.3) is 0 Å². The van der Waals surface area contributed by atoms with Gasteiger partial charge in [0, 0.05) is 97.7 Å². The summed E-state index contributed by atoms with van der Waals surface area (Å²) in [5.74, 6) is 0. The number of anilines is 6. The summed E-state index contributed by atoms with van der Waals surface area (Å²) in [5.41, 5.74) is 37.8. The SMILES string of the molecule is CC(C)(C)c1ccc2c(c1)c1cc(C(C)(C)C)cc3c1n2-c1cc(N(c2ccccc2)c2ccccc2)cc2c1B3c1cc3c(cc1S2)C1(c2ccccc2-3)c2ccccc2-c2cc3c(cc21)Sc1cc(N(c2ccccc2)c2ccccc2)cc2c1B3c1cc(C(C)(C)C)cc3c4cc(C(C)(C)C)ccc4n-2c13. The number of hydrogen-bond donors (Lipinski definition) is 0.